The van der Waals surface area contributed by atoms with Crippen LogP contribution in [0.3, 0.4) is 0 Å². The van der Waals surface area contributed by atoms with Gasteiger partial charge in [-0.1, -0.05) is 20.3 Å². The molecule has 2 nitrogen and oxygen atoms in total. The van der Waals surface area contributed by atoms with Crippen molar-refractivity contribution in [1.29, 1.82) is 0 Å². The molecule has 1 heterocycles. The first-order valence-electron chi connectivity index (χ1n) is 5.77. The van der Waals surface area contributed by atoms with Crippen LogP contribution in [0.5, 0.6) is 0 Å². The van der Waals surface area contributed by atoms with Gasteiger partial charge in [-0.2, -0.15) is 0 Å². The summed E-state index contributed by atoms with van der Waals surface area (Å²) < 4.78 is 0. The molecule has 1 fully saturated rings. The summed E-state index contributed by atoms with van der Waals surface area (Å²) >= 11 is 0. The number of nitrogens with zero attached hydrogens (tertiary/aromatic N) is 1. The van der Waals surface area contributed by atoms with E-state index in [2.05, 4.69) is 31.0 Å². The molecule has 0 saturated carbocycles. The minimum atomic E-state index is 0.704. The molecule has 13 heavy (non-hydrogen) atoms. The summed E-state index contributed by atoms with van der Waals surface area (Å²) in [4.78, 5) is 2.54. The predicted molar refractivity (Wildman–Crippen MR) is 58.0 cm³/mol. The van der Waals surface area contributed by atoms with Crippen molar-refractivity contribution in [3.8, 4) is 0 Å². The Labute approximate surface area is 82.7 Å². The largest absolute Gasteiger partial charge is 0.312 e. The van der Waals surface area contributed by atoms with Crippen LogP contribution in [0.15, 0.2) is 0 Å². The van der Waals surface area contributed by atoms with Gasteiger partial charge in [0.1, 0.15) is 0 Å². The van der Waals surface area contributed by atoms with Crippen LogP contribution in [-0.4, -0.2) is 36.6 Å². The van der Waals surface area contributed by atoms with Gasteiger partial charge in [0.2, 0.25) is 0 Å². The Kier molecular flexibility index (Phi) is 4.74. The lowest BCUT2D eigenvalue weighted by molar-refractivity contribution is 0.168. The molecule has 0 bridgehead atoms. The van der Waals surface area contributed by atoms with Crippen LogP contribution in [0.2, 0.25) is 0 Å². The third kappa shape index (κ3) is 2.96. The fourth-order valence-electron chi connectivity index (χ4n) is 2.34. The lowest BCUT2D eigenvalue weighted by Gasteiger charge is -2.36. The van der Waals surface area contributed by atoms with E-state index in [1.54, 1.807) is 0 Å². The molecule has 1 saturated heterocycles. The molecular weight excluding hydrogens is 160 g/mol. The van der Waals surface area contributed by atoms with Crippen molar-refractivity contribution >= 4 is 0 Å². The van der Waals surface area contributed by atoms with Crippen LogP contribution < -0.4 is 5.32 Å². The Morgan fingerprint density at radius 2 is 2.00 bits per heavy atom. The maximum absolute atomic E-state index is 3.63. The summed E-state index contributed by atoms with van der Waals surface area (Å²) in [6.07, 6.45) is 4.13. The molecule has 0 amide bonds. The van der Waals surface area contributed by atoms with Crippen LogP contribution in [0.25, 0.3) is 0 Å². The number of likely N-dealkylation sites (N-methyl/N-ethyl adjacent to an activating group) is 1. The molecule has 0 aliphatic carbocycles. The highest BCUT2D eigenvalue weighted by Crippen LogP contribution is 2.14. The predicted octanol–water partition coefficient (Wildman–Crippen LogP) is 1.86. The van der Waals surface area contributed by atoms with Crippen LogP contribution in [0, 0.1) is 0 Å². The fourth-order valence-corrected chi connectivity index (χ4v) is 2.34. The molecule has 0 aromatic heterocycles. The quantitative estimate of drug-likeness (QED) is 0.717. The van der Waals surface area contributed by atoms with Gasteiger partial charge in [-0.3, -0.25) is 4.90 Å². The van der Waals surface area contributed by atoms with Gasteiger partial charge in [0.05, 0.1) is 0 Å². The topological polar surface area (TPSA) is 15.3 Å². The molecule has 1 aliphatic rings. The van der Waals surface area contributed by atoms with Gasteiger partial charge in [-0.25, -0.2) is 0 Å². The van der Waals surface area contributed by atoms with E-state index >= 15 is 0 Å². The van der Waals surface area contributed by atoms with Crippen molar-refractivity contribution in [3.05, 3.63) is 0 Å². The Morgan fingerprint density at radius 3 is 2.46 bits per heavy atom. The van der Waals surface area contributed by atoms with Gasteiger partial charge in [-0.05, 0) is 39.4 Å². The van der Waals surface area contributed by atoms with Gasteiger partial charge >= 0.3 is 0 Å². The van der Waals surface area contributed by atoms with Crippen molar-refractivity contribution in [1.82, 2.24) is 10.2 Å². The molecule has 1 rings (SSSR count). The van der Waals surface area contributed by atoms with Gasteiger partial charge in [-0.15, -0.1) is 0 Å². The van der Waals surface area contributed by atoms with E-state index in [-0.39, 0.29) is 0 Å². The second-order valence-electron chi connectivity index (χ2n) is 4.02. The highest BCUT2D eigenvalue weighted by atomic mass is 15.2. The summed E-state index contributed by atoms with van der Waals surface area (Å²) in [6, 6.07) is 1.43. The zero-order valence-corrected chi connectivity index (χ0v) is 9.34. The van der Waals surface area contributed by atoms with Crippen molar-refractivity contribution in [3.63, 3.8) is 0 Å². The average Bonchev–Trinajstić information content (AvgIpc) is 2.21. The maximum atomic E-state index is 3.63. The Hall–Kier alpha value is -0.0800. The van der Waals surface area contributed by atoms with Gasteiger partial charge in [0.25, 0.3) is 0 Å². The monoisotopic (exact) mass is 184 g/mol. The zero-order valence-electron chi connectivity index (χ0n) is 9.34. The molecular formula is C11H24N2. The second-order valence-corrected chi connectivity index (χ2v) is 4.02. The van der Waals surface area contributed by atoms with E-state index in [4.69, 9.17) is 0 Å². The molecule has 1 aliphatic heterocycles. The van der Waals surface area contributed by atoms with Crippen LogP contribution in [-0.2, 0) is 0 Å². The molecule has 0 aromatic carbocycles. The number of piperidine rings is 1. The van der Waals surface area contributed by atoms with Crippen molar-refractivity contribution in [2.45, 2.75) is 52.1 Å². The molecule has 2 atom stereocenters. The highest BCUT2D eigenvalue weighted by molar-refractivity contribution is 4.83. The number of nitrogens with one attached hydrogen (secondary N) is 1. The lowest BCUT2D eigenvalue weighted by atomic mass is 9.98. The van der Waals surface area contributed by atoms with E-state index in [0.717, 1.165) is 6.04 Å². The zero-order chi connectivity index (χ0) is 9.68. The summed E-state index contributed by atoms with van der Waals surface area (Å²) in [5.41, 5.74) is 0. The Bertz CT molecular complexity index is 126. The molecule has 2 heteroatoms. The Balaban J connectivity index is 2.38. The molecule has 0 spiro atoms. The van der Waals surface area contributed by atoms with E-state index in [9.17, 15) is 0 Å². The van der Waals surface area contributed by atoms with Gasteiger partial charge in [0.15, 0.2) is 0 Å². The van der Waals surface area contributed by atoms with Crippen LogP contribution in [0.4, 0.5) is 0 Å². The summed E-state index contributed by atoms with van der Waals surface area (Å²) in [5.74, 6) is 0. The van der Waals surface area contributed by atoms with Crippen molar-refractivity contribution in [2.24, 2.45) is 0 Å². The number of rotatable bonds is 4. The summed E-state index contributed by atoms with van der Waals surface area (Å²) in [7, 11) is 0. The SMILES string of the molecule is CCN(CC)C(C)C1CCCCN1. The lowest BCUT2D eigenvalue weighted by Crippen LogP contribution is -2.50. The first kappa shape index (κ1) is 11.0. The smallest absolute Gasteiger partial charge is 0.0220 e. The highest BCUT2D eigenvalue weighted by Gasteiger charge is 2.22. The molecule has 0 aromatic rings. The molecule has 78 valence electrons. The van der Waals surface area contributed by atoms with Gasteiger partial charge in [0, 0.05) is 12.1 Å². The standard InChI is InChI=1S/C11H24N2/c1-4-13(5-2)10(3)11-8-6-7-9-12-11/h10-12H,4-9H2,1-3H3. The van der Waals surface area contributed by atoms with Gasteiger partial charge < -0.3 is 5.32 Å². The molecule has 1 N–H and O–H groups in total. The van der Waals surface area contributed by atoms with Crippen LogP contribution in [0.1, 0.15) is 40.0 Å². The average molecular weight is 184 g/mol. The number of hydrogen-bond donors (Lipinski definition) is 1. The first-order valence-corrected chi connectivity index (χ1v) is 5.77. The van der Waals surface area contributed by atoms with E-state index in [1.807, 2.05) is 0 Å². The van der Waals surface area contributed by atoms with E-state index in [1.165, 1.54) is 38.9 Å². The third-order valence-corrected chi connectivity index (χ3v) is 3.32. The summed E-state index contributed by atoms with van der Waals surface area (Å²) in [6.45, 7) is 10.4. The molecule has 0 radical (unpaired) electrons. The maximum Gasteiger partial charge on any atom is 0.0220 e. The molecule has 2 unspecified atom stereocenters. The fraction of sp³-hybridized carbons (Fsp3) is 1.00. The minimum Gasteiger partial charge on any atom is -0.312 e. The van der Waals surface area contributed by atoms with Crippen LogP contribution >= 0.6 is 0 Å². The second kappa shape index (κ2) is 5.61. The Morgan fingerprint density at radius 1 is 1.31 bits per heavy atom. The van der Waals surface area contributed by atoms with E-state index < -0.39 is 0 Å². The van der Waals surface area contributed by atoms with Crippen molar-refractivity contribution < 1.29 is 0 Å². The first-order chi connectivity index (χ1) is 6.29. The summed E-state index contributed by atoms with van der Waals surface area (Å²) in [5, 5.41) is 3.63. The van der Waals surface area contributed by atoms with Crippen molar-refractivity contribution in [2.75, 3.05) is 19.6 Å². The normalized spacial score (nSPS) is 26.3. The minimum absolute atomic E-state index is 0.704. The van der Waals surface area contributed by atoms with E-state index in [0.29, 0.717) is 6.04 Å². The third-order valence-electron chi connectivity index (χ3n) is 3.32. The number of hydrogen-bond acceptors (Lipinski definition) is 2.